The van der Waals surface area contributed by atoms with E-state index in [0.29, 0.717) is 0 Å². The molecular weight excluding hydrogens is 212 g/mol. The summed E-state index contributed by atoms with van der Waals surface area (Å²) in [5.41, 5.74) is 2.15. The van der Waals surface area contributed by atoms with Crippen molar-refractivity contribution in [3.05, 3.63) is 35.4 Å². The van der Waals surface area contributed by atoms with Crippen LogP contribution in [0, 0.1) is 5.41 Å². The van der Waals surface area contributed by atoms with Crippen LogP contribution in [0.15, 0.2) is 24.3 Å². The third kappa shape index (κ3) is 3.90. The van der Waals surface area contributed by atoms with E-state index >= 15 is 0 Å². The fourth-order valence-electron chi connectivity index (χ4n) is 1.50. The summed E-state index contributed by atoms with van der Waals surface area (Å²) in [5, 5.41) is 9.22. The maximum Gasteiger partial charge on any atom is 0.126 e. The summed E-state index contributed by atoms with van der Waals surface area (Å²) in [5.74, 6) is 0.868. The van der Waals surface area contributed by atoms with E-state index in [1.807, 2.05) is 32.1 Å². The third-order valence-electron chi connectivity index (χ3n) is 2.82. The SMILES string of the molecule is CCc1ccc(OC)c(/C=C/C(C)(C)CO)c1. The van der Waals surface area contributed by atoms with E-state index in [2.05, 4.69) is 19.1 Å². The zero-order valence-electron chi connectivity index (χ0n) is 11.2. The van der Waals surface area contributed by atoms with Gasteiger partial charge in [0.2, 0.25) is 0 Å². The number of ether oxygens (including phenoxy) is 1. The maximum absolute atomic E-state index is 9.22. The van der Waals surface area contributed by atoms with Crippen molar-refractivity contribution in [2.45, 2.75) is 27.2 Å². The monoisotopic (exact) mass is 234 g/mol. The van der Waals surface area contributed by atoms with E-state index in [-0.39, 0.29) is 12.0 Å². The first-order chi connectivity index (χ1) is 8.02. The van der Waals surface area contributed by atoms with Crippen molar-refractivity contribution in [3.63, 3.8) is 0 Å². The molecule has 0 aliphatic carbocycles. The molecule has 0 aromatic heterocycles. The predicted molar refractivity (Wildman–Crippen MR) is 72.3 cm³/mol. The van der Waals surface area contributed by atoms with Gasteiger partial charge < -0.3 is 9.84 Å². The summed E-state index contributed by atoms with van der Waals surface area (Å²) in [6.07, 6.45) is 5.05. The van der Waals surface area contributed by atoms with Gasteiger partial charge in [-0.3, -0.25) is 0 Å². The minimum absolute atomic E-state index is 0.138. The van der Waals surface area contributed by atoms with Crippen molar-refractivity contribution < 1.29 is 9.84 Å². The van der Waals surface area contributed by atoms with Gasteiger partial charge in [-0.25, -0.2) is 0 Å². The molecule has 0 saturated carbocycles. The van der Waals surface area contributed by atoms with Gasteiger partial charge in [0.05, 0.1) is 13.7 Å². The Balaban J connectivity index is 3.03. The van der Waals surface area contributed by atoms with E-state index in [1.54, 1.807) is 7.11 Å². The van der Waals surface area contributed by atoms with Crippen LogP contribution in [-0.2, 0) is 6.42 Å². The van der Waals surface area contributed by atoms with Crippen molar-refractivity contribution in [1.29, 1.82) is 0 Å². The molecule has 1 rings (SSSR count). The van der Waals surface area contributed by atoms with Gasteiger partial charge in [0, 0.05) is 11.0 Å². The molecule has 0 saturated heterocycles. The number of rotatable bonds is 5. The Kier molecular flexibility index (Phi) is 4.76. The fourth-order valence-corrected chi connectivity index (χ4v) is 1.50. The molecule has 0 atom stereocenters. The first kappa shape index (κ1) is 13.8. The minimum atomic E-state index is -0.201. The number of aliphatic hydroxyl groups excluding tert-OH is 1. The van der Waals surface area contributed by atoms with Crippen LogP contribution in [0.2, 0.25) is 0 Å². The molecule has 2 heteroatoms. The van der Waals surface area contributed by atoms with Crippen LogP contribution >= 0.6 is 0 Å². The summed E-state index contributed by atoms with van der Waals surface area (Å²) < 4.78 is 5.33. The molecule has 0 amide bonds. The predicted octanol–water partition coefficient (Wildman–Crippen LogP) is 3.29. The van der Waals surface area contributed by atoms with E-state index in [1.165, 1.54) is 5.56 Å². The number of aliphatic hydroxyl groups is 1. The second kappa shape index (κ2) is 5.87. The van der Waals surface area contributed by atoms with Crippen molar-refractivity contribution in [2.24, 2.45) is 5.41 Å². The van der Waals surface area contributed by atoms with Gasteiger partial charge in [0.25, 0.3) is 0 Å². The first-order valence-electron chi connectivity index (χ1n) is 5.99. The molecule has 0 radical (unpaired) electrons. The van der Waals surface area contributed by atoms with E-state index in [9.17, 15) is 5.11 Å². The minimum Gasteiger partial charge on any atom is -0.496 e. The Morgan fingerprint density at radius 3 is 2.59 bits per heavy atom. The van der Waals surface area contributed by atoms with Crippen LogP contribution in [0.3, 0.4) is 0 Å². The van der Waals surface area contributed by atoms with Gasteiger partial charge >= 0.3 is 0 Å². The molecule has 0 spiro atoms. The molecule has 94 valence electrons. The molecule has 0 heterocycles. The average Bonchev–Trinajstić information content (AvgIpc) is 2.36. The van der Waals surface area contributed by atoms with Crippen molar-refractivity contribution in [2.75, 3.05) is 13.7 Å². The Morgan fingerprint density at radius 2 is 2.06 bits per heavy atom. The summed E-state index contributed by atoms with van der Waals surface area (Å²) in [4.78, 5) is 0. The number of hydrogen-bond acceptors (Lipinski definition) is 2. The smallest absolute Gasteiger partial charge is 0.126 e. The van der Waals surface area contributed by atoms with E-state index < -0.39 is 0 Å². The molecule has 1 N–H and O–H groups in total. The standard InChI is InChI=1S/C15H22O2/c1-5-12-6-7-14(17-4)13(10-12)8-9-15(2,3)11-16/h6-10,16H,5,11H2,1-4H3/b9-8+. The lowest BCUT2D eigenvalue weighted by Gasteiger charge is -2.16. The Labute approximate surface area is 104 Å². The first-order valence-corrected chi connectivity index (χ1v) is 5.99. The second-order valence-corrected chi connectivity index (χ2v) is 4.91. The zero-order valence-corrected chi connectivity index (χ0v) is 11.2. The summed E-state index contributed by atoms with van der Waals surface area (Å²) in [6.45, 7) is 6.27. The van der Waals surface area contributed by atoms with E-state index in [0.717, 1.165) is 17.7 Å². The highest BCUT2D eigenvalue weighted by Gasteiger charge is 2.11. The summed E-state index contributed by atoms with van der Waals surface area (Å²) in [6, 6.07) is 6.20. The Hall–Kier alpha value is -1.28. The summed E-state index contributed by atoms with van der Waals surface area (Å²) >= 11 is 0. The lowest BCUT2D eigenvalue weighted by molar-refractivity contribution is 0.200. The van der Waals surface area contributed by atoms with Crippen molar-refractivity contribution >= 4 is 6.08 Å². The Morgan fingerprint density at radius 1 is 1.35 bits per heavy atom. The van der Waals surface area contributed by atoms with Crippen molar-refractivity contribution in [1.82, 2.24) is 0 Å². The quantitative estimate of drug-likeness (QED) is 0.847. The summed E-state index contributed by atoms with van der Waals surface area (Å²) in [7, 11) is 1.68. The molecule has 0 aliphatic rings. The van der Waals surface area contributed by atoms with Gasteiger partial charge in [-0.05, 0) is 24.1 Å². The highest BCUT2D eigenvalue weighted by molar-refractivity contribution is 5.59. The zero-order chi connectivity index (χ0) is 12.9. The number of methoxy groups -OCH3 is 1. The molecule has 0 aliphatic heterocycles. The molecule has 0 fully saturated rings. The van der Waals surface area contributed by atoms with Crippen LogP contribution in [-0.4, -0.2) is 18.8 Å². The molecule has 2 nitrogen and oxygen atoms in total. The van der Waals surface area contributed by atoms with Crippen LogP contribution in [0.5, 0.6) is 5.75 Å². The second-order valence-electron chi connectivity index (χ2n) is 4.91. The average molecular weight is 234 g/mol. The normalized spacial score (nSPS) is 12.1. The van der Waals surface area contributed by atoms with Crippen LogP contribution < -0.4 is 4.74 Å². The molecule has 1 aromatic rings. The molecule has 1 aromatic carbocycles. The highest BCUT2D eigenvalue weighted by atomic mass is 16.5. The van der Waals surface area contributed by atoms with Gasteiger partial charge in [-0.15, -0.1) is 0 Å². The van der Waals surface area contributed by atoms with Crippen LogP contribution in [0.4, 0.5) is 0 Å². The lowest BCUT2D eigenvalue weighted by atomic mass is 9.93. The molecular formula is C15H22O2. The van der Waals surface area contributed by atoms with E-state index in [4.69, 9.17) is 4.74 Å². The highest BCUT2D eigenvalue weighted by Crippen LogP contribution is 2.24. The third-order valence-corrected chi connectivity index (χ3v) is 2.82. The lowest BCUT2D eigenvalue weighted by Crippen LogP contribution is -2.12. The molecule has 0 bridgehead atoms. The number of hydrogen-bond donors (Lipinski definition) is 1. The van der Waals surface area contributed by atoms with Gasteiger partial charge in [-0.2, -0.15) is 0 Å². The molecule has 0 unspecified atom stereocenters. The Bertz CT molecular complexity index is 392. The largest absolute Gasteiger partial charge is 0.496 e. The van der Waals surface area contributed by atoms with Crippen LogP contribution in [0.25, 0.3) is 6.08 Å². The maximum atomic E-state index is 9.22. The molecule has 17 heavy (non-hydrogen) atoms. The number of benzene rings is 1. The number of aryl methyl sites for hydroxylation is 1. The van der Waals surface area contributed by atoms with Gasteiger partial charge in [0.15, 0.2) is 0 Å². The van der Waals surface area contributed by atoms with Crippen LogP contribution in [0.1, 0.15) is 31.9 Å². The fraction of sp³-hybridized carbons (Fsp3) is 0.467. The topological polar surface area (TPSA) is 29.5 Å². The van der Waals surface area contributed by atoms with Crippen molar-refractivity contribution in [3.8, 4) is 5.75 Å². The van der Waals surface area contributed by atoms with Gasteiger partial charge in [-0.1, -0.05) is 39.0 Å². The van der Waals surface area contributed by atoms with Gasteiger partial charge in [0.1, 0.15) is 5.75 Å².